The van der Waals surface area contributed by atoms with Crippen molar-refractivity contribution in [3.05, 3.63) is 28.8 Å². The van der Waals surface area contributed by atoms with Crippen molar-refractivity contribution >= 4 is 0 Å². The molecule has 0 saturated carbocycles. The summed E-state index contributed by atoms with van der Waals surface area (Å²) >= 11 is 0. The Hall–Kier alpha value is -1.46. The van der Waals surface area contributed by atoms with Crippen LogP contribution in [-0.4, -0.2) is 13.7 Å². The van der Waals surface area contributed by atoms with E-state index in [1.54, 1.807) is 7.11 Å². The van der Waals surface area contributed by atoms with Crippen LogP contribution in [0.5, 0.6) is 5.75 Å². The van der Waals surface area contributed by atoms with Gasteiger partial charge in [0.05, 0.1) is 19.2 Å². The van der Waals surface area contributed by atoms with Crippen molar-refractivity contribution in [1.29, 1.82) is 0 Å². The second-order valence-electron chi connectivity index (χ2n) is 3.16. The van der Waals surface area contributed by atoms with Crippen LogP contribution < -0.4 is 10.5 Å². The molecule has 0 aromatic heterocycles. The number of aryl methyl sites for hydroxylation is 2. The van der Waals surface area contributed by atoms with E-state index < -0.39 is 0 Å². The molecular formula is C12H15NO. The summed E-state index contributed by atoms with van der Waals surface area (Å²) in [7, 11) is 1.65. The molecule has 0 unspecified atom stereocenters. The van der Waals surface area contributed by atoms with E-state index in [2.05, 4.69) is 17.9 Å². The van der Waals surface area contributed by atoms with Crippen LogP contribution in [0.1, 0.15) is 16.7 Å². The summed E-state index contributed by atoms with van der Waals surface area (Å²) < 4.78 is 5.26. The molecule has 14 heavy (non-hydrogen) atoms. The summed E-state index contributed by atoms with van der Waals surface area (Å²) in [5.41, 5.74) is 8.57. The molecule has 2 heteroatoms. The van der Waals surface area contributed by atoms with E-state index >= 15 is 0 Å². The molecule has 0 radical (unpaired) electrons. The van der Waals surface area contributed by atoms with E-state index in [1.807, 2.05) is 19.9 Å². The van der Waals surface area contributed by atoms with Crippen LogP contribution in [0.4, 0.5) is 0 Å². The third-order valence-electron chi connectivity index (χ3n) is 1.98. The molecule has 2 nitrogen and oxygen atoms in total. The molecule has 0 aliphatic rings. The lowest BCUT2D eigenvalue weighted by molar-refractivity contribution is 0.413. The van der Waals surface area contributed by atoms with Crippen molar-refractivity contribution in [3.8, 4) is 17.6 Å². The molecule has 74 valence electrons. The van der Waals surface area contributed by atoms with Crippen LogP contribution in [0.25, 0.3) is 0 Å². The van der Waals surface area contributed by atoms with Crippen molar-refractivity contribution in [3.63, 3.8) is 0 Å². The standard InChI is InChI=1S/C12H15NO/c1-9-7-10(2)11(5-4-6-13)12(8-9)14-3/h7-8H,6,13H2,1-3H3. The molecule has 1 aromatic rings. The summed E-state index contributed by atoms with van der Waals surface area (Å²) in [6.07, 6.45) is 0. The van der Waals surface area contributed by atoms with Crippen molar-refractivity contribution in [2.24, 2.45) is 5.73 Å². The fourth-order valence-corrected chi connectivity index (χ4v) is 1.39. The van der Waals surface area contributed by atoms with E-state index in [1.165, 1.54) is 5.56 Å². The van der Waals surface area contributed by atoms with E-state index in [9.17, 15) is 0 Å². The Kier molecular flexibility index (Phi) is 3.55. The summed E-state index contributed by atoms with van der Waals surface area (Å²) in [5.74, 6) is 6.68. The molecule has 0 heterocycles. The van der Waals surface area contributed by atoms with Crippen molar-refractivity contribution in [2.75, 3.05) is 13.7 Å². The normalized spacial score (nSPS) is 9.14. The predicted molar refractivity (Wildman–Crippen MR) is 58.4 cm³/mol. The fourth-order valence-electron chi connectivity index (χ4n) is 1.39. The predicted octanol–water partition coefficient (Wildman–Crippen LogP) is 1.62. The number of methoxy groups -OCH3 is 1. The van der Waals surface area contributed by atoms with Crippen LogP contribution in [0.15, 0.2) is 12.1 Å². The quantitative estimate of drug-likeness (QED) is 0.681. The van der Waals surface area contributed by atoms with Gasteiger partial charge in [-0.1, -0.05) is 17.9 Å². The molecule has 0 aliphatic carbocycles. The van der Waals surface area contributed by atoms with Crippen molar-refractivity contribution < 1.29 is 4.74 Å². The molecular weight excluding hydrogens is 174 g/mol. The first kappa shape index (κ1) is 10.6. The number of hydrogen-bond donors (Lipinski definition) is 1. The zero-order valence-corrected chi connectivity index (χ0v) is 8.85. The molecule has 0 spiro atoms. The van der Waals surface area contributed by atoms with Crippen molar-refractivity contribution in [1.82, 2.24) is 0 Å². The average molecular weight is 189 g/mol. The topological polar surface area (TPSA) is 35.2 Å². The van der Waals surface area contributed by atoms with Gasteiger partial charge >= 0.3 is 0 Å². The second kappa shape index (κ2) is 4.69. The molecule has 0 amide bonds. The Bertz CT molecular complexity index is 385. The number of hydrogen-bond acceptors (Lipinski definition) is 2. The third kappa shape index (κ3) is 2.27. The highest BCUT2D eigenvalue weighted by atomic mass is 16.5. The smallest absolute Gasteiger partial charge is 0.135 e. The maximum absolute atomic E-state index is 5.33. The van der Waals surface area contributed by atoms with E-state index in [0.717, 1.165) is 16.9 Å². The second-order valence-corrected chi connectivity index (χ2v) is 3.16. The van der Waals surface area contributed by atoms with Gasteiger partial charge in [0.1, 0.15) is 5.75 Å². The third-order valence-corrected chi connectivity index (χ3v) is 1.98. The highest BCUT2D eigenvalue weighted by Crippen LogP contribution is 2.22. The minimum Gasteiger partial charge on any atom is -0.495 e. The largest absolute Gasteiger partial charge is 0.495 e. The molecule has 0 atom stereocenters. The van der Waals surface area contributed by atoms with Gasteiger partial charge in [-0.3, -0.25) is 0 Å². The lowest BCUT2D eigenvalue weighted by atomic mass is 10.0. The van der Waals surface area contributed by atoms with Crippen LogP contribution in [0.2, 0.25) is 0 Å². The zero-order chi connectivity index (χ0) is 10.6. The van der Waals surface area contributed by atoms with Gasteiger partial charge in [0.25, 0.3) is 0 Å². The number of ether oxygens (including phenoxy) is 1. The van der Waals surface area contributed by atoms with Gasteiger partial charge in [-0.2, -0.15) is 0 Å². The van der Waals surface area contributed by atoms with Crippen LogP contribution >= 0.6 is 0 Å². The van der Waals surface area contributed by atoms with E-state index in [4.69, 9.17) is 10.5 Å². The van der Waals surface area contributed by atoms with E-state index in [-0.39, 0.29) is 0 Å². The Morgan fingerprint density at radius 2 is 2.07 bits per heavy atom. The van der Waals surface area contributed by atoms with E-state index in [0.29, 0.717) is 6.54 Å². The Morgan fingerprint density at radius 3 is 2.64 bits per heavy atom. The average Bonchev–Trinajstić information content (AvgIpc) is 2.15. The van der Waals surface area contributed by atoms with Gasteiger partial charge in [-0.05, 0) is 31.0 Å². The summed E-state index contributed by atoms with van der Waals surface area (Å²) in [6, 6.07) is 4.07. The first-order valence-electron chi connectivity index (χ1n) is 4.53. The minimum atomic E-state index is 0.371. The lowest BCUT2D eigenvalue weighted by Gasteiger charge is -2.07. The van der Waals surface area contributed by atoms with Crippen LogP contribution in [0.3, 0.4) is 0 Å². The first-order chi connectivity index (χ1) is 6.69. The zero-order valence-electron chi connectivity index (χ0n) is 8.85. The Morgan fingerprint density at radius 1 is 1.36 bits per heavy atom. The van der Waals surface area contributed by atoms with Gasteiger partial charge in [0, 0.05) is 0 Å². The molecule has 2 N–H and O–H groups in total. The molecule has 0 fully saturated rings. The lowest BCUT2D eigenvalue weighted by Crippen LogP contribution is -1.96. The van der Waals surface area contributed by atoms with Gasteiger partial charge in [0.15, 0.2) is 0 Å². The Labute approximate surface area is 85.1 Å². The molecule has 0 saturated heterocycles. The Balaban J connectivity index is 3.25. The molecule has 0 aliphatic heterocycles. The highest BCUT2D eigenvalue weighted by Gasteiger charge is 2.04. The summed E-state index contributed by atoms with van der Waals surface area (Å²) in [6.45, 7) is 4.43. The number of benzene rings is 1. The van der Waals surface area contributed by atoms with Gasteiger partial charge < -0.3 is 10.5 Å². The molecule has 1 rings (SSSR count). The summed E-state index contributed by atoms with van der Waals surface area (Å²) in [4.78, 5) is 0. The van der Waals surface area contributed by atoms with Crippen LogP contribution in [-0.2, 0) is 0 Å². The SMILES string of the molecule is COc1cc(C)cc(C)c1C#CCN. The minimum absolute atomic E-state index is 0.371. The first-order valence-corrected chi connectivity index (χ1v) is 4.53. The van der Waals surface area contributed by atoms with Crippen LogP contribution in [0, 0.1) is 25.7 Å². The molecule has 1 aromatic carbocycles. The maximum Gasteiger partial charge on any atom is 0.135 e. The molecule has 0 bridgehead atoms. The maximum atomic E-state index is 5.33. The monoisotopic (exact) mass is 189 g/mol. The van der Waals surface area contributed by atoms with Gasteiger partial charge in [0.2, 0.25) is 0 Å². The van der Waals surface area contributed by atoms with Crippen molar-refractivity contribution in [2.45, 2.75) is 13.8 Å². The summed E-state index contributed by atoms with van der Waals surface area (Å²) in [5, 5.41) is 0. The van der Waals surface area contributed by atoms with Gasteiger partial charge in [-0.15, -0.1) is 0 Å². The van der Waals surface area contributed by atoms with Gasteiger partial charge in [-0.25, -0.2) is 0 Å². The highest BCUT2D eigenvalue weighted by molar-refractivity contribution is 5.52. The fraction of sp³-hybridized carbons (Fsp3) is 0.333. The number of rotatable bonds is 1. The number of nitrogens with two attached hydrogens (primary N) is 1.